The van der Waals surface area contributed by atoms with Crippen molar-refractivity contribution in [2.45, 2.75) is 0 Å². The second-order valence-corrected chi connectivity index (χ2v) is 4.95. The molecule has 0 radical (unpaired) electrons. The first kappa shape index (κ1) is 9.06. The molecule has 0 aliphatic heterocycles. The molecule has 0 aliphatic carbocycles. The Balaban J connectivity index is 2.22. The lowest BCUT2D eigenvalue weighted by atomic mass is 10.3. The van der Waals surface area contributed by atoms with Gasteiger partial charge in [-0.1, -0.05) is 6.07 Å². The topological polar surface area (TPSA) is 30.2 Å². The van der Waals surface area contributed by atoms with Crippen molar-refractivity contribution in [1.29, 1.82) is 0 Å². The summed E-state index contributed by atoms with van der Waals surface area (Å²) in [7, 11) is 0. The number of fused-ring (bicyclic) bond motifs is 1. The molecule has 3 rings (SSSR count). The van der Waals surface area contributed by atoms with Crippen LogP contribution in [0.3, 0.4) is 0 Å². The molecule has 15 heavy (non-hydrogen) atoms. The standard InChI is InChI=1S/C10H6BrN3S/c11-7-5-12-10-4-8(13-14(10)6-7)9-2-1-3-15-9/h1-6H. The highest BCUT2D eigenvalue weighted by Crippen LogP contribution is 2.24. The molecule has 0 spiro atoms. The van der Waals surface area contributed by atoms with E-state index in [2.05, 4.69) is 32.1 Å². The predicted molar refractivity (Wildman–Crippen MR) is 64.0 cm³/mol. The van der Waals surface area contributed by atoms with Crippen LogP contribution in [0.2, 0.25) is 0 Å². The highest BCUT2D eigenvalue weighted by atomic mass is 79.9. The molecule has 0 saturated heterocycles. The number of rotatable bonds is 1. The maximum Gasteiger partial charge on any atom is 0.155 e. The molecule has 5 heteroatoms. The Morgan fingerprint density at radius 3 is 3.13 bits per heavy atom. The lowest BCUT2D eigenvalue weighted by molar-refractivity contribution is 0.938. The molecule has 3 heterocycles. The quantitative estimate of drug-likeness (QED) is 0.685. The largest absolute Gasteiger partial charge is 0.236 e. The van der Waals surface area contributed by atoms with Crippen molar-refractivity contribution >= 4 is 32.9 Å². The Morgan fingerprint density at radius 2 is 2.33 bits per heavy atom. The van der Waals surface area contributed by atoms with Gasteiger partial charge in [0.2, 0.25) is 0 Å². The van der Waals surface area contributed by atoms with Crippen LogP contribution >= 0.6 is 27.3 Å². The smallest absolute Gasteiger partial charge is 0.155 e. The molecule has 0 unspecified atom stereocenters. The van der Waals surface area contributed by atoms with Gasteiger partial charge in [0.15, 0.2) is 5.65 Å². The van der Waals surface area contributed by atoms with Gasteiger partial charge >= 0.3 is 0 Å². The molecule has 3 aromatic rings. The number of nitrogens with zero attached hydrogens (tertiary/aromatic N) is 3. The maximum absolute atomic E-state index is 4.45. The minimum absolute atomic E-state index is 0.863. The first-order chi connectivity index (χ1) is 7.33. The van der Waals surface area contributed by atoms with Crippen molar-refractivity contribution in [3.8, 4) is 10.6 Å². The number of hydrogen-bond donors (Lipinski definition) is 0. The lowest BCUT2D eigenvalue weighted by Crippen LogP contribution is -1.88. The monoisotopic (exact) mass is 279 g/mol. The predicted octanol–water partition coefficient (Wildman–Crippen LogP) is 3.22. The van der Waals surface area contributed by atoms with Crippen LogP contribution in [-0.4, -0.2) is 14.6 Å². The van der Waals surface area contributed by atoms with Crippen LogP contribution in [0.25, 0.3) is 16.2 Å². The molecule has 0 atom stereocenters. The van der Waals surface area contributed by atoms with E-state index in [9.17, 15) is 0 Å². The summed E-state index contributed by atoms with van der Waals surface area (Å²) >= 11 is 5.05. The molecule has 0 saturated carbocycles. The van der Waals surface area contributed by atoms with Crippen molar-refractivity contribution in [1.82, 2.24) is 14.6 Å². The molecular weight excluding hydrogens is 274 g/mol. The van der Waals surface area contributed by atoms with E-state index >= 15 is 0 Å². The fraction of sp³-hybridized carbons (Fsp3) is 0. The van der Waals surface area contributed by atoms with Crippen LogP contribution in [0.1, 0.15) is 0 Å². The summed E-state index contributed by atoms with van der Waals surface area (Å²) in [5.41, 5.74) is 1.83. The van der Waals surface area contributed by atoms with Crippen LogP contribution in [0.5, 0.6) is 0 Å². The normalized spacial score (nSPS) is 11.0. The molecule has 0 amide bonds. The SMILES string of the molecule is Brc1cnc2cc(-c3cccs3)nn2c1. The van der Waals surface area contributed by atoms with E-state index in [1.54, 1.807) is 22.0 Å². The first-order valence-corrected chi connectivity index (χ1v) is 6.05. The van der Waals surface area contributed by atoms with Crippen molar-refractivity contribution in [3.05, 3.63) is 40.4 Å². The minimum Gasteiger partial charge on any atom is -0.236 e. The Morgan fingerprint density at radius 1 is 1.40 bits per heavy atom. The maximum atomic E-state index is 4.45. The summed E-state index contributed by atoms with van der Waals surface area (Å²) in [5.74, 6) is 0. The van der Waals surface area contributed by atoms with Gasteiger partial charge in [0.25, 0.3) is 0 Å². The number of aromatic nitrogens is 3. The molecule has 0 N–H and O–H groups in total. The Kier molecular flexibility index (Phi) is 2.07. The van der Waals surface area contributed by atoms with Gasteiger partial charge < -0.3 is 0 Å². The highest BCUT2D eigenvalue weighted by Gasteiger charge is 2.05. The average Bonchev–Trinajstić information content (AvgIpc) is 2.84. The van der Waals surface area contributed by atoms with Crippen LogP contribution in [-0.2, 0) is 0 Å². The van der Waals surface area contributed by atoms with E-state index in [0.29, 0.717) is 0 Å². The van der Waals surface area contributed by atoms with Gasteiger partial charge in [0.05, 0.1) is 9.35 Å². The fourth-order valence-corrected chi connectivity index (χ4v) is 2.38. The molecule has 74 valence electrons. The van der Waals surface area contributed by atoms with Gasteiger partial charge in [-0.2, -0.15) is 5.10 Å². The first-order valence-electron chi connectivity index (χ1n) is 4.38. The van der Waals surface area contributed by atoms with E-state index in [4.69, 9.17) is 0 Å². The number of thiophene rings is 1. The molecular formula is C10H6BrN3S. The molecule has 0 fully saturated rings. The molecule has 0 bridgehead atoms. The van der Waals surface area contributed by atoms with E-state index in [1.165, 1.54) is 0 Å². The van der Waals surface area contributed by atoms with E-state index < -0.39 is 0 Å². The van der Waals surface area contributed by atoms with Gasteiger partial charge in [-0.15, -0.1) is 11.3 Å². The summed E-state index contributed by atoms with van der Waals surface area (Å²) in [6.07, 6.45) is 3.68. The fourth-order valence-electron chi connectivity index (χ4n) is 1.40. The van der Waals surface area contributed by atoms with Crippen LogP contribution in [0.4, 0.5) is 0 Å². The van der Waals surface area contributed by atoms with Crippen molar-refractivity contribution in [3.63, 3.8) is 0 Å². The number of hydrogen-bond acceptors (Lipinski definition) is 3. The van der Waals surface area contributed by atoms with Gasteiger partial charge in [-0.25, -0.2) is 9.50 Å². The summed E-state index contributed by atoms with van der Waals surface area (Å²) in [6.45, 7) is 0. The van der Waals surface area contributed by atoms with Crippen molar-refractivity contribution in [2.24, 2.45) is 0 Å². The summed E-state index contributed by atoms with van der Waals surface area (Å²) in [4.78, 5) is 5.43. The van der Waals surface area contributed by atoms with Gasteiger partial charge in [0, 0.05) is 18.5 Å². The third-order valence-electron chi connectivity index (χ3n) is 2.06. The molecule has 0 aromatic carbocycles. The summed E-state index contributed by atoms with van der Waals surface area (Å²) in [6, 6.07) is 6.06. The van der Waals surface area contributed by atoms with Gasteiger partial charge in [-0.3, -0.25) is 0 Å². The minimum atomic E-state index is 0.863. The van der Waals surface area contributed by atoms with E-state index in [0.717, 1.165) is 20.7 Å². The Bertz CT molecular complexity index is 600. The molecule has 0 aliphatic rings. The second-order valence-electron chi connectivity index (χ2n) is 3.08. The third kappa shape index (κ3) is 1.57. The molecule has 3 nitrogen and oxygen atoms in total. The second kappa shape index (κ2) is 3.43. The lowest BCUT2D eigenvalue weighted by Gasteiger charge is -1.91. The molecule has 3 aromatic heterocycles. The van der Waals surface area contributed by atoms with E-state index in [1.807, 2.05) is 23.7 Å². The zero-order valence-corrected chi connectivity index (χ0v) is 9.99. The van der Waals surface area contributed by atoms with Crippen LogP contribution in [0.15, 0.2) is 40.4 Å². The zero-order valence-electron chi connectivity index (χ0n) is 7.59. The van der Waals surface area contributed by atoms with Gasteiger partial charge in [0.1, 0.15) is 5.69 Å². The highest BCUT2D eigenvalue weighted by molar-refractivity contribution is 9.10. The third-order valence-corrected chi connectivity index (χ3v) is 3.36. The van der Waals surface area contributed by atoms with Crippen molar-refractivity contribution < 1.29 is 0 Å². The Labute approximate surface area is 98.5 Å². The van der Waals surface area contributed by atoms with Gasteiger partial charge in [-0.05, 0) is 27.4 Å². The van der Waals surface area contributed by atoms with Crippen molar-refractivity contribution in [2.75, 3.05) is 0 Å². The zero-order chi connectivity index (χ0) is 10.3. The Hall–Kier alpha value is -1.20. The average molecular weight is 280 g/mol. The van der Waals surface area contributed by atoms with Crippen LogP contribution in [0, 0.1) is 0 Å². The summed E-state index contributed by atoms with van der Waals surface area (Å²) in [5, 5.41) is 6.49. The number of halogens is 1. The van der Waals surface area contributed by atoms with E-state index in [-0.39, 0.29) is 0 Å². The summed E-state index contributed by atoms with van der Waals surface area (Å²) < 4.78 is 2.70. The van der Waals surface area contributed by atoms with Crippen LogP contribution < -0.4 is 0 Å².